The molecule has 0 radical (unpaired) electrons. The molecular weight excluding hydrogens is 214 g/mol. The van der Waals surface area contributed by atoms with Crippen molar-refractivity contribution >= 4 is 5.78 Å². The number of hydrogen-bond donors (Lipinski definition) is 1. The Kier molecular flexibility index (Phi) is 4.70. The van der Waals surface area contributed by atoms with Crippen molar-refractivity contribution in [3.63, 3.8) is 0 Å². The third-order valence-electron chi connectivity index (χ3n) is 2.68. The standard InChI is InChI=1S/C14H21NO2/c1-9(2)7-12(15)14(16)11-6-5-10(3)8-13(11)17-4/h5-6,8-9,12H,7,15H2,1-4H3. The molecule has 2 N–H and O–H groups in total. The van der Waals surface area contributed by atoms with Gasteiger partial charge in [0.05, 0.1) is 18.7 Å². The SMILES string of the molecule is COc1cc(C)ccc1C(=O)C(N)CC(C)C. The molecule has 1 atom stereocenters. The van der Waals surface area contributed by atoms with Crippen LogP contribution >= 0.6 is 0 Å². The minimum atomic E-state index is -0.452. The van der Waals surface area contributed by atoms with Gasteiger partial charge in [0.25, 0.3) is 0 Å². The lowest BCUT2D eigenvalue weighted by atomic mass is 9.96. The van der Waals surface area contributed by atoms with Crippen LogP contribution in [0.1, 0.15) is 36.2 Å². The van der Waals surface area contributed by atoms with E-state index in [2.05, 4.69) is 13.8 Å². The summed E-state index contributed by atoms with van der Waals surface area (Å²) in [6, 6.07) is 5.09. The number of carbonyl (C=O) groups is 1. The van der Waals surface area contributed by atoms with Crippen LogP contribution in [0.2, 0.25) is 0 Å². The number of ether oxygens (including phenoxy) is 1. The lowest BCUT2D eigenvalue weighted by Gasteiger charge is -2.15. The molecule has 1 aromatic carbocycles. The Labute approximate surface area is 103 Å². The maximum Gasteiger partial charge on any atom is 0.183 e. The van der Waals surface area contributed by atoms with Gasteiger partial charge in [-0.1, -0.05) is 19.9 Å². The molecule has 0 bridgehead atoms. The smallest absolute Gasteiger partial charge is 0.183 e. The van der Waals surface area contributed by atoms with Crippen LogP contribution in [-0.2, 0) is 0 Å². The molecule has 0 saturated carbocycles. The molecule has 0 heterocycles. The van der Waals surface area contributed by atoms with Gasteiger partial charge in [0.2, 0.25) is 0 Å². The zero-order valence-electron chi connectivity index (χ0n) is 11.0. The monoisotopic (exact) mass is 235 g/mol. The number of nitrogens with two attached hydrogens (primary N) is 1. The number of aryl methyl sites for hydroxylation is 1. The molecule has 0 aliphatic rings. The minimum Gasteiger partial charge on any atom is -0.496 e. The Morgan fingerprint density at radius 1 is 1.41 bits per heavy atom. The van der Waals surface area contributed by atoms with Gasteiger partial charge in [0.1, 0.15) is 5.75 Å². The first-order valence-electron chi connectivity index (χ1n) is 5.90. The van der Waals surface area contributed by atoms with E-state index < -0.39 is 6.04 Å². The van der Waals surface area contributed by atoms with Crippen molar-refractivity contribution in [1.29, 1.82) is 0 Å². The maximum atomic E-state index is 12.2. The highest BCUT2D eigenvalue weighted by Crippen LogP contribution is 2.22. The van der Waals surface area contributed by atoms with Crippen molar-refractivity contribution in [2.45, 2.75) is 33.2 Å². The minimum absolute atomic E-state index is 0.0458. The molecule has 3 nitrogen and oxygen atoms in total. The van der Waals surface area contributed by atoms with Gasteiger partial charge in [-0.2, -0.15) is 0 Å². The van der Waals surface area contributed by atoms with E-state index in [-0.39, 0.29) is 5.78 Å². The zero-order valence-corrected chi connectivity index (χ0v) is 11.0. The fourth-order valence-electron chi connectivity index (χ4n) is 1.82. The van der Waals surface area contributed by atoms with E-state index in [1.807, 2.05) is 19.1 Å². The van der Waals surface area contributed by atoms with Gasteiger partial charge in [-0.05, 0) is 37.0 Å². The van der Waals surface area contributed by atoms with Gasteiger partial charge in [-0.15, -0.1) is 0 Å². The highest BCUT2D eigenvalue weighted by atomic mass is 16.5. The molecule has 94 valence electrons. The summed E-state index contributed by atoms with van der Waals surface area (Å²) >= 11 is 0. The molecule has 0 spiro atoms. The molecular formula is C14H21NO2. The summed E-state index contributed by atoms with van der Waals surface area (Å²) in [5.74, 6) is 0.968. The lowest BCUT2D eigenvalue weighted by molar-refractivity contribution is 0.0948. The number of ketones is 1. The number of benzene rings is 1. The van der Waals surface area contributed by atoms with Gasteiger partial charge in [-0.3, -0.25) is 4.79 Å². The Morgan fingerprint density at radius 3 is 2.59 bits per heavy atom. The van der Waals surface area contributed by atoms with Crippen LogP contribution in [-0.4, -0.2) is 18.9 Å². The molecule has 0 fully saturated rings. The summed E-state index contributed by atoms with van der Waals surface area (Å²) in [4.78, 5) is 12.2. The van der Waals surface area contributed by atoms with Gasteiger partial charge < -0.3 is 10.5 Å². The van der Waals surface area contributed by atoms with E-state index >= 15 is 0 Å². The van der Waals surface area contributed by atoms with Crippen molar-refractivity contribution in [1.82, 2.24) is 0 Å². The van der Waals surface area contributed by atoms with Crippen molar-refractivity contribution in [3.8, 4) is 5.75 Å². The fraction of sp³-hybridized carbons (Fsp3) is 0.500. The molecule has 17 heavy (non-hydrogen) atoms. The molecule has 1 aromatic rings. The summed E-state index contributed by atoms with van der Waals surface area (Å²) in [5, 5.41) is 0. The summed E-state index contributed by atoms with van der Waals surface area (Å²) in [5.41, 5.74) is 7.55. The quantitative estimate of drug-likeness (QED) is 0.798. The number of hydrogen-bond acceptors (Lipinski definition) is 3. The second-order valence-corrected chi connectivity index (χ2v) is 4.80. The second-order valence-electron chi connectivity index (χ2n) is 4.80. The van der Waals surface area contributed by atoms with Crippen molar-refractivity contribution in [2.75, 3.05) is 7.11 Å². The van der Waals surface area contributed by atoms with E-state index in [1.165, 1.54) is 0 Å². The summed E-state index contributed by atoms with van der Waals surface area (Å²) in [6.07, 6.45) is 0.690. The van der Waals surface area contributed by atoms with Crippen LogP contribution < -0.4 is 10.5 Å². The average molecular weight is 235 g/mol. The molecule has 1 unspecified atom stereocenters. The molecule has 0 aliphatic carbocycles. The molecule has 0 amide bonds. The highest BCUT2D eigenvalue weighted by molar-refractivity contribution is 6.02. The lowest BCUT2D eigenvalue weighted by Crippen LogP contribution is -2.32. The summed E-state index contributed by atoms with van der Waals surface area (Å²) in [7, 11) is 1.57. The Hall–Kier alpha value is -1.35. The molecule has 0 aromatic heterocycles. The maximum absolute atomic E-state index is 12.2. The van der Waals surface area contributed by atoms with Crippen molar-refractivity contribution in [2.24, 2.45) is 11.7 Å². The van der Waals surface area contributed by atoms with Crippen LogP contribution in [0.15, 0.2) is 18.2 Å². The van der Waals surface area contributed by atoms with Crippen LogP contribution in [0.4, 0.5) is 0 Å². The molecule has 0 saturated heterocycles. The fourth-order valence-corrected chi connectivity index (χ4v) is 1.82. The number of methoxy groups -OCH3 is 1. The average Bonchev–Trinajstić information content (AvgIpc) is 2.27. The first kappa shape index (κ1) is 13.7. The van der Waals surface area contributed by atoms with Gasteiger partial charge in [0.15, 0.2) is 5.78 Å². The van der Waals surface area contributed by atoms with Gasteiger partial charge in [-0.25, -0.2) is 0 Å². The first-order valence-corrected chi connectivity index (χ1v) is 5.90. The summed E-state index contributed by atoms with van der Waals surface area (Å²) in [6.45, 7) is 6.07. The largest absolute Gasteiger partial charge is 0.496 e. The van der Waals surface area contributed by atoms with E-state index in [0.717, 1.165) is 5.56 Å². The first-order chi connectivity index (χ1) is 7.95. The van der Waals surface area contributed by atoms with E-state index in [1.54, 1.807) is 13.2 Å². The molecule has 0 aliphatic heterocycles. The highest BCUT2D eigenvalue weighted by Gasteiger charge is 2.20. The normalized spacial score (nSPS) is 12.6. The second kappa shape index (κ2) is 5.82. The van der Waals surface area contributed by atoms with Crippen molar-refractivity contribution in [3.05, 3.63) is 29.3 Å². The predicted octanol–water partition coefficient (Wildman–Crippen LogP) is 2.56. The Balaban J connectivity index is 2.95. The van der Waals surface area contributed by atoms with Gasteiger partial charge >= 0.3 is 0 Å². The number of carbonyl (C=O) groups excluding carboxylic acids is 1. The Bertz CT molecular complexity index is 399. The Morgan fingerprint density at radius 2 is 2.06 bits per heavy atom. The molecule has 1 rings (SSSR count). The van der Waals surface area contributed by atoms with Crippen LogP contribution in [0.3, 0.4) is 0 Å². The van der Waals surface area contributed by atoms with Gasteiger partial charge in [0, 0.05) is 0 Å². The van der Waals surface area contributed by atoms with E-state index in [0.29, 0.717) is 23.7 Å². The third-order valence-corrected chi connectivity index (χ3v) is 2.68. The third kappa shape index (κ3) is 3.56. The van der Waals surface area contributed by atoms with Crippen LogP contribution in [0.25, 0.3) is 0 Å². The van der Waals surface area contributed by atoms with Crippen LogP contribution in [0, 0.1) is 12.8 Å². The van der Waals surface area contributed by atoms with Crippen LogP contribution in [0.5, 0.6) is 5.75 Å². The predicted molar refractivity (Wildman–Crippen MR) is 69.5 cm³/mol. The van der Waals surface area contributed by atoms with E-state index in [4.69, 9.17) is 10.5 Å². The van der Waals surface area contributed by atoms with Crippen molar-refractivity contribution < 1.29 is 9.53 Å². The zero-order chi connectivity index (χ0) is 13.0. The number of Topliss-reactive ketones (excluding diaryl/α,β-unsaturated/α-hetero) is 1. The molecule has 3 heteroatoms. The van der Waals surface area contributed by atoms with E-state index in [9.17, 15) is 4.79 Å². The summed E-state index contributed by atoms with van der Waals surface area (Å²) < 4.78 is 5.23. The number of rotatable bonds is 5. The topological polar surface area (TPSA) is 52.3 Å².